The van der Waals surface area contributed by atoms with Crippen molar-refractivity contribution < 1.29 is 19.2 Å². The van der Waals surface area contributed by atoms with E-state index >= 15 is 0 Å². The van der Waals surface area contributed by atoms with Crippen molar-refractivity contribution in [3.05, 3.63) is 82.4 Å². The van der Waals surface area contributed by atoms with Gasteiger partial charge >= 0.3 is 0 Å². The van der Waals surface area contributed by atoms with Crippen LogP contribution in [0.2, 0.25) is 0 Å². The number of anilines is 2. The number of carbonyl (C=O) groups is 4. The second-order valence-corrected chi connectivity index (χ2v) is 12.1. The quantitative estimate of drug-likeness (QED) is 0.131. The topological polar surface area (TPSA) is 202 Å². The van der Waals surface area contributed by atoms with Crippen molar-refractivity contribution in [1.82, 2.24) is 44.0 Å². The molecule has 0 aliphatic rings. The number of imidazole rings is 2. The van der Waals surface area contributed by atoms with Gasteiger partial charge in [-0.2, -0.15) is 10.2 Å². The number of aryl methyl sites for hydroxylation is 6. The molecule has 264 valence electrons. The summed E-state index contributed by atoms with van der Waals surface area (Å²) in [6, 6.07) is 13.7. The number of unbranched alkanes of at least 4 members (excludes halogenated alkanes) is 1. The minimum atomic E-state index is -0.577. The largest absolute Gasteiger partial charge is 0.366 e. The molecule has 0 spiro atoms. The van der Waals surface area contributed by atoms with E-state index in [-0.39, 0.29) is 17.7 Å². The Morgan fingerprint density at radius 1 is 0.667 bits per heavy atom. The van der Waals surface area contributed by atoms with Crippen LogP contribution in [0.25, 0.3) is 22.1 Å². The van der Waals surface area contributed by atoms with Crippen LogP contribution in [0, 0.1) is 13.8 Å². The molecule has 0 aliphatic carbocycles. The number of amides is 4. The molecule has 4 heterocycles. The molecule has 0 saturated carbocycles. The van der Waals surface area contributed by atoms with Crippen LogP contribution >= 0.6 is 0 Å². The number of rotatable bonds is 13. The second kappa shape index (κ2) is 14.3. The Hall–Kier alpha value is -6.32. The molecule has 6 aromatic rings. The molecule has 2 aromatic carbocycles. The summed E-state index contributed by atoms with van der Waals surface area (Å²) in [7, 11) is 1.56. The molecule has 5 N–H and O–H groups in total. The number of hydrogen-bond donors (Lipinski definition) is 4. The Labute approximate surface area is 293 Å². The van der Waals surface area contributed by atoms with Gasteiger partial charge in [0.25, 0.3) is 17.7 Å². The zero-order valence-corrected chi connectivity index (χ0v) is 29.1. The first-order valence-corrected chi connectivity index (χ1v) is 16.7. The molecule has 0 unspecified atom stereocenters. The predicted molar refractivity (Wildman–Crippen MR) is 192 cm³/mol. The van der Waals surface area contributed by atoms with E-state index in [2.05, 4.69) is 31.1 Å². The van der Waals surface area contributed by atoms with Crippen LogP contribution in [-0.4, -0.2) is 69.3 Å². The average Bonchev–Trinajstić information content (AvgIpc) is 3.87. The number of aromatic nitrogens is 8. The van der Waals surface area contributed by atoms with Crippen LogP contribution in [0.1, 0.15) is 79.8 Å². The summed E-state index contributed by atoms with van der Waals surface area (Å²) in [5.41, 5.74) is 11.1. The molecule has 0 saturated heterocycles. The standard InChI is InChI=1S/C35H40N12O4/c1-6-46-28(16-20(3)42-46)32(50)40-34-38-24-18-22(30(36)48)10-12-26(24)44(34)14-8-9-15-45-27-13-11-23(31(49)37-5)19-25(27)39-35(45)41-33(51)29-17-21(4)43-47(29)7-2/h10-13,16-19H,6-9,14-15H2,1-5H3,(H2,36,48)(H,37,49)(H,38,40,50)(H,39,41,51). The fraction of sp³-hybridized carbons (Fsp3) is 0.314. The summed E-state index contributed by atoms with van der Waals surface area (Å²) >= 11 is 0. The van der Waals surface area contributed by atoms with Crippen LogP contribution in [0.3, 0.4) is 0 Å². The summed E-state index contributed by atoms with van der Waals surface area (Å²) in [5.74, 6) is -0.860. The summed E-state index contributed by atoms with van der Waals surface area (Å²) in [6.07, 6.45) is 1.29. The lowest BCUT2D eigenvalue weighted by atomic mass is 10.2. The highest BCUT2D eigenvalue weighted by molar-refractivity contribution is 6.04. The summed E-state index contributed by atoms with van der Waals surface area (Å²) in [4.78, 5) is 60.5. The predicted octanol–water partition coefficient (Wildman–Crippen LogP) is 3.88. The maximum Gasteiger partial charge on any atom is 0.276 e. The summed E-state index contributed by atoms with van der Waals surface area (Å²) in [5, 5.41) is 17.3. The third-order valence-corrected chi connectivity index (χ3v) is 8.60. The van der Waals surface area contributed by atoms with E-state index in [4.69, 9.17) is 10.7 Å². The lowest BCUT2D eigenvalue weighted by molar-refractivity contribution is 0.0960. The number of nitrogens with zero attached hydrogens (tertiary/aromatic N) is 8. The van der Waals surface area contributed by atoms with E-state index in [1.807, 2.05) is 42.9 Å². The van der Waals surface area contributed by atoms with E-state index in [1.54, 1.807) is 58.9 Å². The van der Waals surface area contributed by atoms with Gasteiger partial charge in [-0.3, -0.25) is 39.2 Å². The Morgan fingerprint density at radius 3 is 1.55 bits per heavy atom. The van der Waals surface area contributed by atoms with Crippen molar-refractivity contribution in [2.45, 2.75) is 66.7 Å². The van der Waals surface area contributed by atoms with E-state index < -0.39 is 5.91 Å². The zero-order chi connectivity index (χ0) is 36.4. The van der Waals surface area contributed by atoms with Crippen molar-refractivity contribution in [3.8, 4) is 0 Å². The molecule has 0 bridgehead atoms. The average molecular weight is 693 g/mol. The third-order valence-electron chi connectivity index (χ3n) is 8.60. The fourth-order valence-electron chi connectivity index (χ4n) is 6.15. The SMILES string of the molecule is CCn1nc(C)cc1C(=O)Nc1nc2cc(C(N)=O)ccc2n1CCCCn1c(NC(=O)c2cc(C)nn2CC)nc2cc(C(=O)NC)ccc21. The lowest BCUT2D eigenvalue weighted by Gasteiger charge is -2.13. The molecular weight excluding hydrogens is 652 g/mol. The monoisotopic (exact) mass is 692 g/mol. The number of primary amides is 1. The van der Waals surface area contributed by atoms with Crippen LogP contribution in [0.5, 0.6) is 0 Å². The summed E-state index contributed by atoms with van der Waals surface area (Å²) < 4.78 is 7.08. The molecule has 0 fully saturated rings. The zero-order valence-electron chi connectivity index (χ0n) is 29.1. The number of nitrogens with two attached hydrogens (primary N) is 1. The number of fused-ring (bicyclic) bond motifs is 2. The van der Waals surface area contributed by atoms with Crippen molar-refractivity contribution in [3.63, 3.8) is 0 Å². The van der Waals surface area contributed by atoms with Crippen LogP contribution in [0.4, 0.5) is 11.9 Å². The van der Waals surface area contributed by atoms with E-state index in [1.165, 1.54) is 0 Å². The first kappa shape index (κ1) is 34.5. The van der Waals surface area contributed by atoms with Gasteiger partial charge in [0, 0.05) is 44.4 Å². The molecule has 4 aromatic heterocycles. The Morgan fingerprint density at radius 2 is 1.12 bits per heavy atom. The summed E-state index contributed by atoms with van der Waals surface area (Å²) in [6.45, 7) is 9.48. The van der Waals surface area contributed by atoms with Crippen LogP contribution in [0.15, 0.2) is 48.5 Å². The van der Waals surface area contributed by atoms with Crippen molar-refractivity contribution >= 4 is 57.6 Å². The van der Waals surface area contributed by atoms with Crippen LogP contribution in [-0.2, 0) is 26.2 Å². The molecule has 0 atom stereocenters. The van der Waals surface area contributed by atoms with Gasteiger partial charge in [-0.25, -0.2) is 9.97 Å². The molecule has 16 heteroatoms. The molecule has 4 amide bonds. The smallest absolute Gasteiger partial charge is 0.276 e. The van der Waals surface area contributed by atoms with Gasteiger partial charge in [0.2, 0.25) is 17.8 Å². The lowest BCUT2D eigenvalue weighted by Crippen LogP contribution is -2.20. The van der Waals surface area contributed by atoms with Crippen molar-refractivity contribution in [2.75, 3.05) is 17.7 Å². The molecule has 6 rings (SSSR count). The molecule has 16 nitrogen and oxygen atoms in total. The minimum absolute atomic E-state index is 0.243. The van der Waals surface area contributed by atoms with Gasteiger partial charge in [-0.05, 0) is 89.1 Å². The second-order valence-electron chi connectivity index (χ2n) is 12.1. The number of carbonyl (C=O) groups excluding carboxylic acids is 4. The van der Waals surface area contributed by atoms with E-state index in [0.29, 0.717) is 84.5 Å². The highest BCUT2D eigenvalue weighted by Crippen LogP contribution is 2.25. The van der Waals surface area contributed by atoms with Gasteiger partial charge in [0.1, 0.15) is 11.4 Å². The first-order valence-electron chi connectivity index (χ1n) is 16.7. The van der Waals surface area contributed by atoms with Crippen molar-refractivity contribution in [1.29, 1.82) is 0 Å². The van der Waals surface area contributed by atoms with Crippen molar-refractivity contribution in [2.24, 2.45) is 5.73 Å². The number of nitrogens with one attached hydrogen (secondary N) is 3. The van der Waals surface area contributed by atoms with E-state index in [9.17, 15) is 19.2 Å². The van der Waals surface area contributed by atoms with E-state index in [0.717, 1.165) is 22.4 Å². The molecule has 0 radical (unpaired) electrons. The number of benzene rings is 2. The maximum absolute atomic E-state index is 13.4. The normalized spacial score (nSPS) is 11.3. The highest BCUT2D eigenvalue weighted by atomic mass is 16.2. The van der Waals surface area contributed by atoms with Gasteiger partial charge in [-0.15, -0.1) is 0 Å². The van der Waals surface area contributed by atoms with Crippen LogP contribution < -0.4 is 21.7 Å². The van der Waals surface area contributed by atoms with Gasteiger partial charge < -0.3 is 20.2 Å². The Bertz CT molecular complexity index is 2310. The third kappa shape index (κ3) is 6.92. The Kier molecular flexibility index (Phi) is 9.66. The first-order chi connectivity index (χ1) is 24.5. The Balaban J connectivity index is 1.27. The van der Waals surface area contributed by atoms with Gasteiger partial charge in [-0.1, -0.05) is 0 Å². The number of hydrogen-bond acceptors (Lipinski definition) is 8. The van der Waals surface area contributed by atoms with Gasteiger partial charge in [0.15, 0.2) is 0 Å². The molecular formula is C35H40N12O4. The fourth-order valence-corrected chi connectivity index (χ4v) is 6.15. The highest BCUT2D eigenvalue weighted by Gasteiger charge is 2.21. The minimum Gasteiger partial charge on any atom is -0.366 e. The maximum atomic E-state index is 13.4. The molecule has 0 aliphatic heterocycles. The molecule has 51 heavy (non-hydrogen) atoms. The van der Waals surface area contributed by atoms with Gasteiger partial charge in [0.05, 0.1) is 33.5 Å².